The second-order valence-corrected chi connectivity index (χ2v) is 5.80. The van der Waals surface area contributed by atoms with Gasteiger partial charge in [0.1, 0.15) is 5.57 Å². The van der Waals surface area contributed by atoms with Gasteiger partial charge >= 0.3 is 5.97 Å². The summed E-state index contributed by atoms with van der Waals surface area (Å²) in [7, 11) is 2.54. The highest BCUT2D eigenvalue weighted by molar-refractivity contribution is 6.04. The molecule has 0 amide bonds. The molecule has 3 rings (SSSR count). The van der Waals surface area contributed by atoms with Crippen LogP contribution in [0.5, 0.6) is 0 Å². The molecule has 0 aliphatic carbocycles. The summed E-state index contributed by atoms with van der Waals surface area (Å²) in [4.78, 5) is 12.6. The Labute approximate surface area is 157 Å². The Morgan fingerprint density at radius 3 is 2.15 bits per heavy atom. The van der Waals surface area contributed by atoms with Gasteiger partial charge in [-0.1, -0.05) is 36.4 Å². The minimum atomic E-state index is -0.641. The van der Waals surface area contributed by atoms with Crippen LogP contribution in [0.15, 0.2) is 90.0 Å². The summed E-state index contributed by atoms with van der Waals surface area (Å²) in [6.45, 7) is 4.03. The number of ether oxygens (including phenoxy) is 2. The van der Waals surface area contributed by atoms with E-state index in [0.717, 1.165) is 11.1 Å². The first-order chi connectivity index (χ1) is 13.1. The van der Waals surface area contributed by atoms with Crippen molar-refractivity contribution in [3.63, 3.8) is 0 Å². The largest absolute Gasteiger partial charge is 0.616 e. The predicted molar refractivity (Wildman–Crippen MR) is 100 cm³/mol. The van der Waals surface area contributed by atoms with E-state index in [1.54, 1.807) is 4.58 Å². The van der Waals surface area contributed by atoms with Crippen LogP contribution in [0.4, 0.5) is 0 Å². The number of hydrogen-bond donors (Lipinski definition) is 0. The lowest BCUT2D eigenvalue weighted by Crippen LogP contribution is -2.15. The second-order valence-electron chi connectivity index (χ2n) is 5.80. The zero-order valence-electron chi connectivity index (χ0n) is 15.1. The van der Waals surface area contributed by atoms with Gasteiger partial charge in [0.2, 0.25) is 11.4 Å². The summed E-state index contributed by atoms with van der Waals surface area (Å²) in [5.41, 5.74) is 2.75. The third-order valence-electron chi connectivity index (χ3n) is 4.21. The number of carbonyl (C=O) groups excluding carboxylic acids is 1. The van der Waals surface area contributed by atoms with Gasteiger partial charge in [-0.25, -0.2) is 4.79 Å². The monoisotopic (exact) mass is 361 g/mol. The van der Waals surface area contributed by atoms with Crippen molar-refractivity contribution in [2.75, 3.05) is 14.2 Å². The van der Waals surface area contributed by atoms with E-state index in [-0.39, 0.29) is 11.1 Å². The van der Waals surface area contributed by atoms with Gasteiger partial charge in [-0.05, 0) is 38.0 Å². The Hall–Kier alpha value is -3.60. The number of carbonyl (C=O) groups is 1. The molecule has 1 heterocycles. The van der Waals surface area contributed by atoms with Crippen molar-refractivity contribution < 1.29 is 24.0 Å². The fourth-order valence-corrected chi connectivity index (χ4v) is 2.97. The van der Waals surface area contributed by atoms with E-state index >= 15 is 0 Å². The third-order valence-corrected chi connectivity index (χ3v) is 4.21. The highest BCUT2D eigenvalue weighted by atomic mass is 16.6. The van der Waals surface area contributed by atoms with E-state index in [2.05, 4.69) is 6.58 Å². The zero-order valence-corrected chi connectivity index (χ0v) is 15.1. The molecule has 136 valence electrons. The molecule has 0 N–H and O–H groups in total. The highest BCUT2D eigenvalue weighted by Gasteiger charge is 2.42. The van der Waals surface area contributed by atoms with Crippen molar-refractivity contribution in [3.8, 4) is 0 Å². The van der Waals surface area contributed by atoms with Gasteiger partial charge < -0.3 is 14.6 Å². The SMILES string of the molecule is C=C1/C(=C(\[O-])OC)C(C(=O)OC)=C(c2ccccc2)[N+]1=Cc1ccccc1. The van der Waals surface area contributed by atoms with E-state index in [1.807, 2.05) is 66.9 Å². The lowest BCUT2D eigenvalue weighted by Gasteiger charge is -2.12. The van der Waals surface area contributed by atoms with Crippen molar-refractivity contribution in [1.82, 2.24) is 0 Å². The quantitative estimate of drug-likeness (QED) is 0.477. The topological polar surface area (TPSA) is 61.6 Å². The van der Waals surface area contributed by atoms with E-state index < -0.39 is 11.9 Å². The Bertz CT molecular complexity index is 970. The van der Waals surface area contributed by atoms with Crippen LogP contribution < -0.4 is 5.11 Å². The number of allylic oxidation sites excluding steroid dienone is 1. The van der Waals surface area contributed by atoms with Crippen molar-refractivity contribution >= 4 is 17.9 Å². The molecule has 1 aliphatic heterocycles. The number of rotatable bonds is 4. The predicted octanol–water partition coefficient (Wildman–Crippen LogP) is 2.45. The van der Waals surface area contributed by atoms with Crippen LogP contribution in [0.25, 0.3) is 5.70 Å². The molecule has 5 heteroatoms. The maximum absolute atomic E-state index is 12.6. The summed E-state index contributed by atoms with van der Waals surface area (Å²) in [5, 5.41) is 12.4. The minimum absolute atomic E-state index is 0.0929. The lowest BCUT2D eigenvalue weighted by atomic mass is 10.0. The van der Waals surface area contributed by atoms with Gasteiger partial charge in [0.25, 0.3) is 0 Å². The van der Waals surface area contributed by atoms with E-state index in [1.165, 1.54) is 14.2 Å². The Morgan fingerprint density at radius 1 is 1.00 bits per heavy atom. The molecule has 0 fully saturated rings. The first-order valence-corrected chi connectivity index (χ1v) is 8.30. The molecule has 0 atom stereocenters. The van der Waals surface area contributed by atoms with Crippen LogP contribution >= 0.6 is 0 Å². The molecular weight excluding hydrogens is 342 g/mol. The molecule has 0 radical (unpaired) electrons. The van der Waals surface area contributed by atoms with Crippen molar-refractivity contribution in [2.24, 2.45) is 0 Å². The molecular formula is C22H19NO4. The van der Waals surface area contributed by atoms with Crippen LogP contribution in [-0.4, -0.2) is 31.0 Å². The average Bonchev–Trinajstić information content (AvgIpc) is 3.00. The van der Waals surface area contributed by atoms with Gasteiger partial charge in [-0.15, -0.1) is 0 Å². The Morgan fingerprint density at radius 2 is 1.59 bits per heavy atom. The lowest BCUT2D eigenvalue weighted by molar-refractivity contribution is -0.368. The summed E-state index contributed by atoms with van der Waals surface area (Å²) in [6.07, 6.45) is 1.82. The Balaban J connectivity index is 2.36. The molecule has 27 heavy (non-hydrogen) atoms. The van der Waals surface area contributed by atoms with Crippen LogP contribution in [0, 0.1) is 0 Å². The smallest absolute Gasteiger partial charge is 0.345 e. The molecule has 0 spiro atoms. The molecule has 2 aromatic carbocycles. The molecule has 0 saturated heterocycles. The average molecular weight is 361 g/mol. The fourth-order valence-electron chi connectivity index (χ4n) is 2.97. The maximum Gasteiger partial charge on any atom is 0.345 e. The molecule has 0 saturated carbocycles. The normalized spacial score (nSPS) is 17.3. The number of nitrogens with zero attached hydrogens (tertiary/aromatic N) is 1. The van der Waals surface area contributed by atoms with Gasteiger partial charge in [0, 0.05) is 11.1 Å². The van der Waals surface area contributed by atoms with Crippen LogP contribution in [-0.2, 0) is 14.3 Å². The first kappa shape index (κ1) is 18.2. The summed E-state index contributed by atoms with van der Waals surface area (Å²) >= 11 is 0. The maximum atomic E-state index is 12.6. The molecule has 0 bridgehead atoms. The number of benzene rings is 2. The van der Waals surface area contributed by atoms with E-state index in [0.29, 0.717) is 11.4 Å². The van der Waals surface area contributed by atoms with E-state index in [4.69, 9.17) is 9.47 Å². The van der Waals surface area contributed by atoms with E-state index in [9.17, 15) is 9.90 Å². The number of esters is 1. The summed E-state index contributed by atoms with van der Waals surface area (Å²) in [6, 6.07) is 18.9. The van der Waals surface area contributed by atoms with Gasteiger partial charge in [0.05, 0.1) is 18.6 Å². The molecule has 5 nitrogen and oxygen atoms in total. The van der Waals surface area contributed by atoms with Gasteiger partial charge in [0.15, 0.2) is 6.21 Å². The number of hydrogen-bond acceptors (Lipinski definition) is 4. The molecule has 0 aromatic heterocycles. The highest BCUT2D eigenvalue weighted by Crippen LogP contribution is 2.39. The first-order valence-electron chi connectivity index (χ1n) is 8.30. The molecule has 0 unspecified atom stereocenters. The zero-order chi connectivity index (χ0) is 19.4. The fraction of sp³-hybridized carbons (Fsp3) is 0.0909. The van der Waals surface area contributed by atoms with Crippen LogP contribution in [0.3, 0.4) is 0 Å². The van der Waals surface area contributed by atoms with Crippen LogP contribution in [0.2, 0.25) is 0 Å². The van der Waals surface area contributed by atoms with Crippen molar-refractivity contribution in [2.45, 2.75) is 0 Å². The van der Waals surface area contributed by atoms with Gasteiger partial charge in [-0.2, -0.15) is 4.58 Å². The standard InChI is InChI=1S/C22H19NO4/c1-15-18(21(24)26-2)19(22(25)27-3)20(17-12-8-5-9-13-17)23(15)14-16-10-6-4-7-11-16/h4-14H,1H2,2-3H3/b21-18-,23-14?. The molecule has 2 aromatic rings. The summed E-state index contributed by atoms with van der Waals surface area (Å²) < 4.78 is 11.6. The van der Waals surface area contributed by atoms with Crippen molar-refractivity contribution in [3.05, 3.63) is 101 Å². The van der Waals surface area contributed by atoms with Gasteiger partial charge in [-0.3, -0.25) is 0 Å². The molecule has 1 aliphatic rings. The Kier molecular flexibility index (Phi) is 5.22. The van der Waals surface area contributed by atoms with Crippen molar-refractivity contribution in [1.29, 1.82) is 0 Å². The number of methoxy groups -OCH3 is 2. The third kappa shape index (κ3) is 3.40. The summed E-state index contributed by atoms with van der Waals surface area (Å²) in [5.74, 6) is -1.27. The minimum Gasteiger partial charge on any atom is -0.616 e. The second kappa shape index (κ2) is 7.74. The van der Waals surface area contributed by atoms with Crippen LogP contribution in [0.1, 0.15) is 11.1 Å².